The second-order valence-electron chi connectivity index (χ2n) is 4.50. The number of anilines is 1. The highest BCUT2D eigenvalue weighted by Crippen LogP contribution is 2.48. The van der Waals surface area contributed by atoms with E-state index in [-0.39, 0.29) is 0 Å². The molecule has 1 nitrogen and oxygen atoms in total. The lowest BCUT2D eigenvalue weighted by molar-refractivity contribution is 0.676. The van der Waals surface area contributed by atoms with E-state index >= 15 is 0 Å². The molecule has 1 aromatic rings. The summed E-state index contributed by atoms with van der Waals surface area (Å²) in [6.07, 6.45) is 5.23. The maximum absolute atomic E-state index is 4.16. The maximum atomic E-state index is 4.16. The van der Waals surface area contributed by atoms with Gasteiger partial charge < -0.3 is 4.90 Å². The molecule has 2 aliphatic rings. The lowest BCUT2D eigenvalue weighted by Crippen LogP contribution is -2.16. The molecule has 1 heterocycles. The first-order chi connectivity index (χ1) is 7.81. The molecule has 0 spiro atoms. The average Bonchev–Trinajstić information content (AvgIpc) is 2.65. The van der Waals surface area contributed by atoms with E-state index in [0.717, 1.165) is 6.54 Å². The summed E-state index contributed by atoms with van der Waals surface area (Å²) in [5.74, 6) is 0. The van der Waals surface area contributed by atoms with E-state index < -0.39 is 0 Å². The highest BCUT2D eigenvalue weighted by molar-refractivity contribution is 8.03. The molecule has 0 bridgehead atoms. The van der Waals surface area contributed by atoms with Crippen molar-refractivity contribution in [3.8, 4) is 0 Å². The second-order valence-corrected chi connectivity index (χ2v) is 5.58. The lowest BCUT2D eigenvalue weighted by Gasteiger charge is -2.20. The summed E-state index contributed by atoms with van der Waals surface area (Å²) in [5.41, 5.74) is 4.56. The van der Waals surface area contributed by atoms with Crippen molar-refractivity contribution in [3.05, 3.63) is 34.9 Å². The third-order valence-electron chi connectivity index (χ3n) is 3.59. The van der Waals surface area contributed by atoms with Crippen molar-refractivity contribution in [3.63, 3.8) is 0 Å². The summed E-state index contributed by atoms with van der Waals surface area (Å²) >= 11 is 1.87. The van der Waals surface area contributed by atoms with Gasteiger partial charge in [0.15, 0.2) is 0 Å². The minimum absolute atomic E-state index is 1.03. The average molecular weight is 231 g/mol. The lowest BCUT2D eigenvalue weighted by atomic mass is 9.91. The molecule has 3 rings (SSSR count). The van der Waals surface area contributed by atoms with Crippen LogP contribution in [0.1, 0.15) is 30.9 Å². The normalized spacial score (nSPS) is 18.6. The summed E-state index contributed by atoms with van der Waals surface area (Å²) in [4.78, 5) is 3.82. The number of rotatable bonds is 1. The van der Waals surface area contributed by atoms with Gasteiger partial charge in [-0.1, -0.05) is 24.4 Å². The zero-order chi connectivity index (χ0) is 11.1. The van der Waals surface area contributed by atoms with Crippen LogP contribution in [0.25, 0.3) is 0 Å². The zero-order valence-corrected chi connectivity index (χ0v) is 10.6. The van der Waals surface area contributed by atoms with Crippen molar-refractivity contribution in [1.29, 1.82) is 0 Å². The van der Waals surface area contributed by atoms with Gasteiger partial charge in [-0.2, -0.15) is 0 Å². The van der Waals surface area contributed by atoms with Crippen molar-refractivity contribution >= 4 is 17.4 Å². The highest BCUT2D eigenvalue weighted by atomic mass is 32.2. The van der Waals surface area contributed by atoms with Gasteiger partial charge in [0.25, 0.3) is 0 Å². The second kappa shape index (κ2) is 3.85. The fraction of sp³-hybridized carbons (Fsp3) is 0.429. The Morgan fingerprint density at radius 2 is 2.12 bits per heavy atom. The molecule has 1 aliphatic heterocycles. The van der Waals surface area contributed by atoms with Crippen LogP contribution >= 0.6 is 11.8 Å². The third kappa shape index (κ3) is 1.40. The maximum Gasteiger partial charge on any atom is 0.0728 e. The first-order valence-electron chi connectivity index (χ1n) is 6.10. The van der Waals surface area contributed by atoms with Gasteiger partial charge in [-0.15, -0.1) is 0 Å². The Labute approximate surface area is 102 Å². The van der Waals surface area contributed by atoms with Crippen LogP contribution in [0.15, 0.2) is 28.6 Å². The minimum atomic E-state index is 1.03. The van der Waals surface area contributed by atoms with Crippen LogP contribution in [0.5, 0.6) is 0 Å². The van der Waals surface area contributed by atoms with Gasteiger partial charge in [0.2, 0.25) is 0 Å². The van der Waals surface area contributed by atoms with Crippen molar-refractivity contribution in [2.24, 2.45) is 0 Å². The van der Waals surface area contributed by atoms with Crippen LogP contribution < -0.4 is 4.90 Å². The van der Waals surface area contributed by atoms with Crippen LogP contribution in [0.4, 0.5) is 5.69 Å². The van der Waals surface area contributed by atoms with E-state index in [4.69, 9.17) is 0 Å². The Bertz CT molecular complexity index is 450. The van der Waals surface area contributed by atoms with Crippen molar-refractivity contribution < 1.29 is 0 Å². The Morgan fingerprint density at radius 1 is 1.31 bits per heavy atom. The number of nitrogens with zero attached hydrogens (tertiary/aromatic N) is 1. The number of benzene rings is 1. The van der Waals surface area contributed by atoms with Gasteiger partial charge in [-0.05, 0) is 49.8 Å². The molecule has 0 atom stereocenters. The molecule has 1 aliphatic carbocycles. The first-order valence-corrected chi connectivity index (χ1v) is 6.92. The Kier molecular flexibility index (Phi) is 2.47. The molecular weight excluding hydrogens is 214 g/mol. The molecule has 0 unspecified atom stereocenters. The highest BCUT2D eigenvalue weighted by Gasteiger charge is 2.27. The van der Waals surface area contributed by atoms with E-state index in [0.29, 0.717) is 0 Å². The standard InChI is InChI=1S/C14H17NS/c1-3-15-10(2)16-14-12-7-5-4-6-11(12)8-9-13(14)15/h8-9H,2-7H2,1H3. The van der Waals surface area contributed by atoms with E-state index in [2.05, 4.69) is 30.5 Å². The number of thioether (sulfide) groups is 1. The molecule has 0 saturated carbocycles. The fourth-order valence-corrected chi connectivity index (χ4v) is 3.97. The Balaban J connectivity index is 2.13. The van der Waals surface area contributed by atoms with Gasteiger partial charge in [-0.3, -0.25) is 0 Å². The molecule has 84 valence electrons. The van der Waals surface area contributed by atoms with Gasteiger partial charge >= 0.3 is 0 Å². The molecule has 0 amide bonds. The summed E-state index contributed by atoms with van der Waals surface area (Å²) in [7, 11) is 0. The Hall–Kier alpha value is -0.890. The summed E-state index contributed by atoms with van der Waals surface area (Å²) in [6, 6.07) is 4.61. The molecule has 0 N–H and O–H groups in total. The molecule has 0 aromatic heterocycles. The number of hydrogen-bond acceptors (Lipinski definition) is 2. The van der Waals surface area contributed by atoms with E-state index in [1.807, 2.05) is 11.8 Å². The number of fused-ring (bicyclic) bond motifs is 3. The molecule has 0 radical (unpaired) electrons. The first kappa shape index (κ1) is 10.3. The summed E-state index contributed by atoms with van der Waals surface area (Å²) < 4.78 is 0. The van der Waals surface area contributed by atoms with Gasteiger partial charge in [0.1, 0.15) is 0 Å². The smallest absolute Gasteiger partial charge is 0.0728 e. The van der Waals surface area contributed by atoms with Gasteiger partial charge in [-0.25, -0.2) is 0 Å². The molecule has 2 heteroatoms. The van der Waals surface area contributed by atoms with Crippen molar-refractivity contribution in [2.75, 3.05) is 11.4 Å². The zero-order valence-electron chi connectivity index (χ0n) is 9.75. The van der Waals surface area contributed by atoms with E-state index in [1.165, 1.54) is 41.3 Å². The SMILES string of the molecule is C=C1Sc2c(ccc3c2CCCC3)N1CC. The van der Waals surface area contributed by atoms with Crippen LogP contribution in [0.3, 0.4) is 0 Å². The van der Waals surface area contributed by atoms with E-state index in [9.17, 15) is 0 Å². The van der Waals surface area contributed by atoms with Crippen LogP contribution in [0.2, 0.25) is 0 Å². The number of hydrogen-bond donors (Lipinski definition) is 0. The van der Waals surface area contributed by atoms with E-state index in [1.54, 1.807) is 11.1 Å². The molecule has 16 heavy (non-hydrogen) atoms. The summed E-state index contributed by atoms with van der Waals surface area (Å²) in [5, 5.41) is 1.19. The van der Waals surface area contributed by atoms with Gasteiger partial charge in [0, 0.05) is 11.4 Å². The monoisotopic (exact) mass is 231 g/mol. The predicted molar refractivity (Wildman–Crippen MR) is 71.1 cm³/mol. The molecular formula is C14H17NS. The predicted octanol–water partition coefficient (Wildman–Crippen LogP) is 3.97. The minimum Gasteiger partial charge on any atom is -0.336 e. The largest absolute Gasteiger partial charge is 0.336 e. The van der Waals surface area contributed by atoms with Crippen LogP contribution in [-0.2, 0) is 12.8 Å². The fourth-order valence-electron chi connectivity index (χ4n) is 2.76. The molecule has 0 saturated heterocycles. The third-order valence-corrected chi connectivity index (χ3v) is 4.70. The quantitative estimate of drug-likeness (QED) is 0.719. The Morgan fingerprint density at radius 3 is 2.94 bits per heavy atom. The topological polar surface area (TPSA) is 3.24 Å². The van der Waals surface area contributed by atoms with Crippen molar-refractivity contribution in [1.82, 2.24) is 0 Å². The van der Waals surface area contributed by atoms with Crippen LogP contribution in [0, 0.1) is 0 Å². The van der Waals surface area contributed by atoms with Crippen LogP contribution in [-0.4, -0.2) is 6.54 Å². The summed E-state index contributed by atoms with van der Waals surface area (Å²) in [6.45, 7) is 7.38. The molecule has 0 fully saturated rings. The number of aryl methyl sites for hydroxylation is 1. The molecule has 1 aromatic carbocycles. The van der Waals surface area contributed by atoms with Gasteiger partial charge in [0.05, 0.1) is 10.7 Å². The van der Waals surface area contributed by atoms with Crippen molar-refractivity contribution in [2.45, 2.75) is 37.5 Å².